The molecule has 2 atom stereocenters. The second-order valence-electron chi connectivity index (χ2n) is 3.38. The Morgan fingerprint density at radius 1 is 1.36 bits per heavy atom. The Bertz CT molecular complexity index is 260. The van der Waals surface area contributed by atoms with E-state index in [0.717, 1.165) is 13.0 Å². The molecule has 0 heterocycles. The van der Waals surface area contributed by atoms with Gasteiger partial charge in [0, 0.05) is 6.04 Å². The number of likely N-dealkylation sites (N-methyl/N-ethyl adjacent to an activating group) is 1. The molecule has 14 heavy (non-hydrogen) atoms. The van der Waals surface area contributed by atoms with Crippen LogP contribution in [-0.4, -0.2) is 24.3 Å². The van der Waals surface area contributed by atoms with Crippen LogP contribution in [0.15, 0.2) is 24.3 Å². The van der Waals surface area contributed by atoms with Gasteiger partial charge >= 0.3 is 0 Å². The zero-order valence-electron chi connectivity index (χ0n) is 8.53. The van der Waals surface area contributed by atoms with Crippen molar-refractivity contribution < 1.29 is 5.11 Å². The SMILES string of the molecule is CCNC(CO)Cc1ccc(P)cc1. The lowest BCUT2D eigenvalue weighted by Gasteiger charge is -2.14. The van der Waals surface area contributed by atoms with Crippen LogP contribution >= 0.6 is 9.24 Å². The molecule has 2 nitrogen and oxygen atoms in total. The first-order chi connectivity index (χ1) is 6.76. The number of aliphatic hydroxyl groups is 1. The molecule has 0 saturated carbocycles. The number of benzene rings is 1. The molecule has 0 amide bonds. The average molecular weight is 211 g/mol. The minimum Gasteiger partial charge on any atom is -0.395 e. The van der Waals surface area contributed by atoms with Crippen LogP contribution in [0.3, 0.4) is 0 Å². The van der Waals surface area contributed by atoms with Gasteiger partial charge in [-0.3, -0.25) is 0 Å². The Kier molecular flexibility index (Phi) is 5.10. The first-order valence-corrected chi connectivity index (χ1v) is 5.52. The fourth-order valence-electron chi connectivity index (χ4n) is 1.43. The third-order valence-electron chi connectivity index (χ3n) is 2.18. The summed E-state index contributed by atoms with van der Waals surface area (Å²) in [5.41, 5.74) is 1.26. The molecule has 2 unspecified atom stereocenters. The van der Waals surface area contributed by atoms with Crippen molar-refractivity contribution in [2.75, 3.05) is 13.2 Å². The van der Waals surface area contributed by atoms with E-state index in [0.29, 0.717) is 0 Å². The van der Waals surface area contributed by atoms with E-state index in [1.807, 2.05) is 0 Å². The maximum atomic E-state index is 9.11. The van der Waals surface area contributed by atoms with Gasteiger partial charge in [-0.1, -0.05) is 31.2 Å². The number of hydrogen-bond donors (Lipinski definition) is 2. The third kappa shape index (κ3) is 3.75. The second kappa shape index (κ2) is 6.13. The monoisotopic (exact) mass is 211 g/mol. The third-order valence-corrected chi connectivity index (χ3v) is 2.56. The van der Waals surface area contributed by atoms with Gasteiger partial charge in [-0.25, -0.2) is 0 Å². The summed E-state index contributed by atoms with van der Waals surface area (Å²) in [6.45, 7) is 3.14. The smallest absolute Gasteiger partial charge is 0.0587 e. The van der Waals surface area contributed by atoms with Gasteiger partial charge in [0.05, 0.1) is 6.61 Å². The second-order valence-corrected chi connectivity index (χ2v) is 4.05. The topological polar surface area (TPSA) is 32.3 Å². The predicted molar refractivity (Wildman–Crippen MR) is 64.0 cm³/mol. The molecule has 1 aromatic carbocycles. The van der Waals surface area contributed by atoms with Gasteiger partial charge < -0.3 is 10.4 Å². The van der Waals surface area contributed by atoms with Gasteiger partial charge in [0.2, 0.25) is 0 Å². The van der Waals surface area contributed by atoms with Gasteiger partial charge in [-0.2, -0.15) is 0 Å². The fraction of sp³-hybridized carbons (Fsp3) is 0.455. The molecule has 1 rings (SSSR count). The van der Waals surface area contributed by atoms with E-state index in [2.05, 4.69) is 45.7 Å². The molecular weight excluding hydrogens is 193 g/mol. The quantitative estimate of drug-likeness (QED) is 0.703. The Labute approximate surface area is 87.9 Å². The van der Waals surface area contributed by atoms with Crippen LogP contribution in [0.1, 0.15) is 12.5 Å². The number of aliphatic hydroxyl groups excluding tert-OH is 1. The van der Waals surface area contributed by atoms with Crippen molar-refractivity contribution in [2.24, 2.45) is 0 Å². The fourth-order valence-corrected chi connectivity index (χ4v) is 1.62. The molecule has 0 aromatic heterocycles. The molecule has 0 aliphatic rings. The standard InChI is InChI=1S/C11H18NOP/c1-2-12-10(8-13)7-9-3-5-11(14)6-4-9/h3-6,10,12-13H,2,7-8,14H2,1H3. The van der Waals surface area contributed by atoms with E-state index in [1.165, 1.54) is 10.9 Å². The summed E-state index contributed by atoms with van der Waals surface area (Å²) in [7, 11) is 2.66. The first kappa shape index (κ1) is 11.6. The minimum absolute atomic E-state index is 0.176. The first-order valence-electron chi connectivity index (χ1n) is 4.95. The van der Waals surface area contributed by atoms with E-state index < -0.39 is 0 Å². The minimum atomic E-state index is 0.176. The summed E-state index contributed by atoms with van der Waals surface area (Å²) in [5, 5.41) is 13.5. The van der Waals surface area contributed by atoms with Crippen LogP contribution in [0.5, 0.6) is 0 Å². The summed E-state index contributed by atoms with van der Waals surface area (Å²) in [5.74, 6) is 0. The van der Waals surface area contributed by atoms with Crippen LogP contribution in [0.2, 0.25) is 0 Å². The average Bonchev–Trinajstić information content (AvgIpc) is 2.20. The van der Waals surface area contributed by atoms with Crippen LogP contribution in [-0.2, 0) is 6.42 Å². The predicted octanol–water partition coefficient (Wildman–Crippen LogP) is 0.700. The molecule has 0 bridgehead atoms. The summed E-state index contributed by atoms with van der Waals surface area (Å²) in [6, 6.07) is 8.51. The molecule has 78 valence electrons. The van der Waals surface area contributed by atoms with Crippen LogP contribution in [0.4, 0.5) is 0 Å². The summed E-state index contributed by atoms with van der Waals surface area (Å²) >= 11 is 0. The molecule has 0 saturated heterocycles. The van der Waals surface area contributed by atoms with E-state index in [9.17, 15) is 0 Å². The number of rotatable bonds is 5. The van der Waals surface area contributed by atoms with Gasteiger partial charge in [0.25, 0.3) is 0 Å². The van der Waals surface area contributed by atoms with Crippen LogP contribution in [0.25, 0.3) is 0 Å². The molecule has 1 aromatic rings. The lowest BCUT2D eigenvalue weighted by atomic mass is 10.1. The highest BCUT2D eigenvalue weighted by Crippen LogP contribution is 2.03. The van der Waals surface area contributed by atoms with Gasteiger partial charge in [-0.15, -0.1) is 9.24 Å². The highest BCUT2D eigenvalue weighted by molar-refractivity contribution is 7.27. The molecule has 0 aliphatic carbocycles. The van der Waals surface area contributed by atoms with Crippen molar-refractivity contribution >= 4 is 14.5 Å². The maximum Gasteiger partial charge on any atom is 0.0587 e. The molecule has 3 heteroatoms. The lowest BCUT2D eigenvalue weighted by Crippen LogP contribution is -2.34. The van der Waals surface area contributed by atoms with E-state index in [-0.39, 0.29) is 12.6 Å². The van der Waals surface area contributed by atoms with Gasteiger partial charge in [0.1, 0.15) is 0 Å². The Hall–Kier alpha value is -0.430. The molecular formula is C11H18NOP. The van der Waals surface area contributed by atoms with E-state index in [4.69, 9.17) is 5.11 Å². The molecule has 0 aliphatic heterocycles. The van der Waals surface area contributed by atoms with Gasteiger partial charge in [-0.05, 0) is 23.8 Å². The van der Waals surface area contributed by atoms with Gasteiger partial charge in [0.15, 0.2) is 0 Å². The molecule has 0 radical (unpaired) electrons. The Balaban J connectivity index is 2.53. The van der Waals surface area contributed by atoms with Crippen molar-refractivity contribution in [3.63, 3.8) is 0 Å². The lowest BCUT2D eigenvalue weighted by molar-refractivity contribution is 0.243. The summed E-state index contributed by atoms with van der Waals surface area (Å²) < 4.78 is 0. The summed E-state index contributed by atoms with van der Waals surface area (Å²) in [4.78, 5) is 0. The number of nitrogens with one attached hydrogen (secondary N) is 1. The van der Waals surface area contributed by atoms with Crippen molar-refractivity contribution in [2.45, 2.75) is 19.4 Å². The molecule has 0 fully saturated rings. The molecule has 2 N–H and O–H groups in total. The largest absolute Gasteiger partial charge is 0.395 e. The highest BCUT2D eigenvalue weighted by Gasteiger charge is 2.05. The zero-order chi connectivity index (χ0) is 10.4. The highest BCUT2D eigenvalue weighted by atomic mass is 31.0. The Morgan fingerprint density at radius 2 is 2.00 bits per heavy atom. The van der Waals surface area contributed by atoms with Crippen molar-refractivity contribution in [3.05, 3.63) is 29.8 Å². The van der Waals surface area contributed by atoms with E-state index in [1.54, 1.807) is 0 Å². The summed E-state index contributed by atoms with van der Waals surface area (Å²) in [6.07, 6.45) is 0.884. The van der Waals surface area contributed by atoms with E-state index >= 15 is 0 Å². The van der Waals surface area contributed by atoms with Crippen molar-refractivity contribution in [1.29, 1.82) is 0 Å². The van der Waals surface area contributed by atoms with Crippen LogP contribution < -0.4 is 10.6 Å². The number of hydrogen-bond acceptors (Lipinski definition) is 2. The Morgan fingerprint density at radius 3 is 2.50 bits per heavy atom. The van der Waals surface area contributed by atoms with Crippen molar-refractivity contribution in [3.8, 4) is 0 Å². The van der Waals surface area contributed by atoms with Crippen molar-refractivity contribution in [1.82, 2.24) is 5.32 Å². The normalized spacial score (nSPS) is 12.8. The van der Waals surface area contributed by atoms with Crippen LogP contribution in [0, 0.1) is 0 Å². The zero-order valence-corrected chi connectivity index (χ0v) is 9.69. The molecule has 0 spiro atoms. The maximum absolute atomic E-state index is 9.11.